The summed E-state index contributed by atoms with van der Waals surface area (Å²) in [5, 5.41) is 3.68. The number of hydrogen-bond donors (Lipinski definition) is 1. The summed E-state index contributed by atoms with van der Waals surface area (Å²) in [4.78, 5) is 0. The number of methoxy groups -OCH3 is 2. The number of ether oxygens (including phenoxy) is 4. The summed E-state index contributed by atoms with van der Waals surface area (Å²) >= 11 is 3.80. The van der Waals surface area contributed by atoms with E-state index in [0.29, 0.717) is 24.7 Å². The molecule has 0 bridgehead atoms. The van der Waals surface area contributed by atoms with Crippen molar-refractivity contribution in [2.45, 2.75) is 25.7 Å². The maximum Gasteiger partial charge on any atom is 0.162 e. The van der Waals surface area contributed by atoms with Gasteiger partial charge in [-0.05, 0) is 58.5 Å². The first-order valence-electron chi connectivity index (χ1n) is 12.3. The highest BCUT2D eigenvalue weighted by Gasteiger charge is 2.27. The van der Waals surface area contributed by atoms with Gasteiger partial charge in [0.2, 0.25) is 0 Å². The van der Waals surface area contributed by atoms with Gasteiger partial charge in [0.05, 0.1) is 20.3 Å². The van der Waals surface area contributed by atoms with Crippen LogP contribution in [0.5, 0.6) is 23.0 Å². The number of hydrogen-bond acceptors (Lipinski definition) is 5. The van der Waals surface area contributed by atoms with Crippen LogP contribution >= 0.6 is 15.9 Å². The molecule has 0 spiro atoms. The lowest BCUT2D eigenvalue weighted by Gasteiger charge is -2.30. The van der Waals surface area contributed by atoms with E-state index in [0.717, 1.165) is 51.2 Å². The van der Waals surface area contributed by atoms with Crippen molar-refractivity contribution in [2.24, 2.45) is 0 Å². The maximum absolute atomic E-state index is 6.22. The third kappa shape index (κ3) is 5.76. The molecule has 1 heterocycles. The Labute approximate surface area is 226 Å². The third-order valence-electron chi connectivity index (χ3n) is 6.55. The second-order valence-corrected chi connectivity index (χ2v) is 9.77. The Morgan fingerprint density at radius 1 is 0.703 bits per heavy atom. The zero-order valence-corrected chi connectivity index (χ0v) is 22.6. The van der Waals surface area contributed by atoms with Crippen molar-refractivity contribution in [1.29, 1.82) is 0 Å². The van der Waals surface area contributed by atoms with Crippen LogP contribution in [0.4, 0.5) is 0 Å². The van der Waals surface area contributed by atoms with Crippen LogP contribution in [0.1, 0.15) is 33.9 Å². The Kier molecular flexibility index (Phi) is 7.97. The summed E-state index contributed by atoms with van der Waals surface area (Å²) in [6, 6.07) is 28.5. The van der Waals surface area contributed by atoms with Crippen LogP contribution in [0.3, 0.4) is 0 Å². The minimum Gasteiger partial charge on any atom is -0.493 e. The quantitative estimate of drug-likeness (QED) is 0.243. The Morgan fingerprint density at radius 3 is 1.84 bits per heavy atom. The summed E-state index contributed by atoms with van der Waals surface area (Å²) in [6.45, 7) is 1.79. The highest BCUT2D eigenvalue weighted by Crippen LogP contribution is 2.43. The van der Waals surface area contributed by atoms with Gasteiger partial charge in [-0.15, -0.1) is 0 Å². The third-order valence-corrected chi connectivity index (χ3v) is 7.23. The number of rotatable bonds is 9. The molecule has 5 nitrogen and oxygen atoms in total. The summed E-state index contributed by atoms with van der Waals surface area (Å²) in [7, 11) is 3.36. The van der Waals surface area contributed by atoms with Crippen molar-refractivity contribution >= 4 is 15.9 Å². The van der Waals surface area contributed by atoms with Gasteiger partial charge < -0.3 is 24.3 Å². The largest absolute Gasteiger partial charge is 0.493 e. The molecule has 1 aliphatic rings. The first-order valence-corrected chi connectivity index (χ1v) is 13.1. The second kappa shape index (κ2) is 11.7. The van der Waals surface area contributed by atoms with Gasteiger partial charge in [0, 0.05) is 11.0 Å². The zero-order valence-electron chi connectivity index (χ0n) is 21.0. The van der Waals surface area contributed by atoms with Crippen molar-refractivity contribution in [3.8, 4) is 23.0 Å². The minimum atomic E-state index is -0.0415. The zero-order chi connectivity index (χ0) is 25.6. The maximum atomic E-state index is 6.22. The average Bonchev–Trinajstić information content (AvgIpc) is 2.95. The van der Waals surface area contributed by atoms with Crippen LogP contribution in [0, 0.1) is 0 Å². The molecule has 190 valence electrons. The Morgan fingerprint density at radius 2 is 1.24 bits per heavy atom. The second-order valence-electron chi connectivity index (χ2n) is 8.91. The predicted octanol–water partition coefficient (Wildman–Crippen LogP) is 6.86. The molecule has 1 aliphatic heterocycles. The minimum absolute atomic E-state index is 0.0415. The van der Waals surface area contributed by atoms with Crippen molar-refractivity contribution in [1.82, 2.24) is 5.32 Å². The molecule has 1 unspecified atom stereocenters. The number of fused-ring (bicyclic) bond motifs is 1. The van der Waals surface area contributed by atoms with Crippen molar-refractivity contribution in [3.05, 3.63) is 117 Å². The van der Waals surface area contributed by atoms with Crippen LogP contribution in [-0.2, 0) is 19.6 Å². The smallest absolute Gasteiger partial charge is 0.162 e. The van der Waals surface area contributed by atoms with E-state index in [1.54, 1.807) is 14.2 Å². The van der Waals surface area contributed by atoms with E-state index in [4.69, 9.17) is 18.9 Å². The lowest BCUT2D eigenvalue weighted by Crippen LogP contribution is -2.31. The molecule has 37 heavy (non-hydrogen) atoms. The molecule has 0 aliphatic carbocycles. The summed E-state index contributed by atoms with van der Waals surface area (Å²) in [6.07, 6.45) is 0.911. The SMILES string of the molecule is COc1cc(C2NCCc3cc(OC)c(OCc4ccccc4)cc32)c(Br)cc1OCc1ccccc1. The van der Waals surface area contributed by atoms with E-state index in [2.05, 4.69) is 45.5 Å². The molecule has 4 aromatic rings. The molecular formula is C31H30BrNO4. The molecule has 5 rings (SSSR count). The van der Waals surface area contributed by atoms with Crippen molar-refractivity contribution in [3.63, 3.8) is 0 Å². The molecule has 0 saturated heterocycles. The number of halogens is 1. The van der Waals surface area contributed by atoms with Crippen LogP contribution in [0.15, 0.2) is 89.4 Å². The lowest BCUT2D eigenvalue weighted by molar-refractivity contribution is 0.283. The Hall–Kier alpha value is -3.48. The van der Waals surface area contributed by atoms with E-state index in [-0.39, 0.29) is 6.04 Å². The fourth-order valence-electron chi connectivity index (χ4n) is 4.63. The van der Waals surface area contributed by atoms with Gasteiger partial charge in [0.25, 0.3) is 0 Å². The first-order chi connectivity index (χ1) is 18.2. The Balaban J connectivity index is 1.44. The van der Waals surface area contributed by atoms with Crippen LogP contribution in [-0.4, -0.2) is 20.8 Å². The molecule has 1 atom stereocenters. The first kappa shape index (κ1) is 25.2. The van der Waals surface area contributed by atoms with Gasteiger partial charge in [-0.3, -0.25) is 0 Å². The standard InChI is InChI=1S/C31H30BrNO4/c1-34-27-15-23-13-14-33-31(24(23)16-29(27)36-19-21-9-5-3-6-10-21)25-17-28(35-2)30(18-26(25)32)37-20-22-11-7-4-8-12-22/h3-12,15-18,31,33H,13-14,19-20H2,1-2H3. The van der Waals surface area contributed by atoms with E-state index < -0.39 is 0 Å². The van der Waals surface area contributed by atoms with E-state index in [1.807, 2.05) is 60.7 Å². The molecule has 0 amide bonds. The summed E-state index contributed by atoms with van der Waals surface area (Å²) < 4.78 is 24.7. The van der Waals surface area contributed by atoms with Gasteiger partial charge in [-0.25, -0.2) is 0 Å². The van der Waals surface area contributed by atoms with Crippen LogP contribution in [0.25, 0.3) is 0 Å². The van der Waals surface area contributed by atoms with Crippen LogP contribution in [0.2, 0.25) is 0 Å². The monoisotopic (exact) mass is 559 g/mol. The fourth-order valence-corrected chi connectivity index (χ4v) is 5.18. The highest BCUT2D eigenvalue weighted by atomic mass is 79.9. The van der Waals surface area contributed by atoms with Crippen LogP contribution < -0.4 is 24.3 Å². The van der Waals surface area contributed by atoms with Crippen molar-refractivity contribution in [2.75, 3.05) is 20.8 Å². The van der Waals surface area contributed by atoms with Gasteiger partial charge in [0.1, 0.15) is 13.2 Å². The van der Waals surface area contributed by atoms with Gasteiger partial charge in [-0.1, -0.05) is 76.6 Å². The molecular weight excluding hydrogens is 530 g/mol. The Bertz CT molecular complexity index is 1340. The molecule has 0 fully saturated rings. The summed E-state index contributed by atoms with van der Waals surface area (Å²) in [5.41, 5.74) is 5.68. The predicted molar refractivity (Wildman–Crippen MR) is 149 cm³/mol. The molecule has 1 N–H and O–H groups in total. The molecule has 4 aromatic carbocycles. The highest BCUT2D eigenvalue weighted by molar-refractivity contribution is 9.10. The van der Waals surface area contributed by atoms with Crippen molar-refractivity contribution < 1.29 is 18.9 Å². The molecule has 0 aromatic heterocycles. The summed E-state index contributed by atoms with van der Waals surface area (Å²) in [5.74, 6) is 2.86. The topological polar surface area (TPSA) is 49.0 Å². The molecule has 0 saturated carbocycles. The number of benzene rings is 4. The molecule has 6 heteroatoms. The molecule has 0 radical (unpaired) electrons. The van der Waals surface area contributed by atoms with Gasteiger partial charge >= 0.3 is 0 Å². The average molecular weight is 560 g/mol. The lowest BCUT2D eigenvalue weighted by atomic mass is 9.89. The van der Waals surface area contributed by atoms with Gasteiger partial charge in [-0.2, -0.15) is 0 Å². The normalized spacial score (nSPS) is 14.5. The van der Waals surface area contributed by atoms with E-state index in [9.17, 15) is 0 Å². The van der Waals surface area contributed by atoms with E-state index >= 15 is 0 Å². The fraction of sp³-hybridized carbons (Fsp3) is 0.226. The van der Waals surface area contributed by atoms with E-state index in [1.165, 1.54) is 5.56 Å². The number of nitrogens with one attached hydrogen (secondary N) is 1. The van der Waals surface area contributed by atoms with Gasteiger partial charge in [0.15, 0.2) is 23.0 Å².